The molecule has 214 valence electrons. The van der Waals surface area contributed by atoms with E-state index >= 15 is 0 Å². The van der Waals surface area contributed by atoms with Crippen molar-refractivity contribution in [1.29, 1.82) is 0 Å². The van der Waals surface area contributed by atoms with E-state index in [1.165, 1.54) is 42.0 Å². The highest BCUT2D eigenvalue weighted by Gasteiger charge is 2.57. The zero-order chi connectivity index (χ0) is 29.7. The van der Waals surface area contributed by atoms with Crippen LogP contribution in [0.1, 0.15) is 16.4 Å². The molecule has 6 rings (SSSR count). The number of ether oxygens (including phenoxy) is 1. The summed E-state index contributed by atoms with van der Waals surface area (Å²) in [5, 5.41) is 2.83. The second-order valence-corrected chi connectivity index (χ2v) is 12.5. The molecule has 0 spiro atoms. The van der Waals surface area contributed by atoms with Crippen molar-refractivity contribution in [2.45, 2.75) is 22.7 Å². The number of aromatic nitrogens is 1. The van der Waals surface area contributed by atoms with E-state index in [4.69, 9.17) is 27.9 Å². The molecule has 3 aromatic carbocycles. The summed E-state index contributed by atoms with van der Waals surface area (Å²) in [7, 11) is 1.50. The lowest BCUT2D eigenvalue weighted by Gasteiger charge is -2.31. The van der Waals surface area contributed by atoms with Gasteiger partial charge in [-0.15, -0.1) is 0 Å². The summed E-state index contributed by atoms with van der Waals surface area (Å²) in [5.74, 6) is -3.03. The number of amides is 3. The highest BCUT2D eigenvalue weighted by molar-refractivity contribution is 8.00. The summed E-state index contributed by atoms with van der Waals surface area (Å²) in [4.78, 5) is 55.3. The predicted octanol–water partition coefficient (Wildman–Crippen LogP) is 5.80. The molecular formula is C29H20Cl2FN3O5S2. The van der Waals surface area contributed by atoms with Gasteiger partial charge in [0.1, 0.15) is 23.4 Å². The number of thiazole rings is 1. The summed E-state index contributed by atoms with van der Waals surface area (Å²) in [6, 6.07) is 16.9. The Morgan fingerprint density at radius 3 is 2.45 bits per heavy atom. The summed E-state index contributed by atoms with van der Waals surface area (Å²) in [5.41, 5.74) is 1.28. The number of imide groups is 1. The van der Waals surface area contributed by atoms with E-state index in [0.29, 0.717) is 31.9 Å². The van der Waals surface area contributed by atoms with E-state index in [0.717, 1.165) is 28.0 Å². The van der Waals surface area contributed by atoms with Crippen molar-refractivity contribution in [3.05, 3.63) is 103 Å². The Morgan fingerprint density at radius 1 is 1.00 bits per heavy atom. The Kier molecular flexibility index (Phi) is 7.61. The zero-order valence-electron chi connectivity index (χ0n) is 21.7. The maximum absolute atomic E-state index is 13.9. The molecular weight excluding hydrogens is 624 g/mol. The largest absolute Gasteiger partial charge is 0.496 e. The molecule has 3 unspecified atom stereocenters. The normalized spacial score (nSPS) is 19.4. The van der Waals surface area contributed by atoms with Crippen LogP contribution in [0, 0.1) is 11.7 Å². The van der Waals surface area contributed by atoms with Gasteiger partial charge in [0.2, 0.25) is 17.7 Å². The summed E-state index contributed by atoms with van der Waals surface area (Å²) in [6.45, 7) is -0.336. The Morgan fingerprint density at radius 2 is 1.74 bits per heavy atom. The van der Waals surface area contributed by atoms with Crippen LogP contribution in [-0.2, 0) is 20.9 Å². The van der Waals surface area contributed by atoms with E-state index in [2.05, 4.69) is 5.32 Å². The number of para-hydroxylation sites is 1. The predicted molar refractivity (Wildman–Crippen MR) is 161 cm³/mol. The number of nitrogens with zero attached hydrogens (tertiary/aromatic N) is 2. The monoisotopic (exact) mass is 643 g/mol. The smallest absolute Gasteiger partial charge is 0.308 e. The third kappa shape index (κ3) is 4.90. The van der Waals surface area contributed by atoms with Crippen LogP contribution in [-0.4, -0.2) is 34.6 Å². The van der Waals surface area contributed by atoms with E-state index in [1.807, 2.05) is 0 Å². The van der Waals surface area contributed by atoms with Gasteiger partial charge in [-0.2, -0.15) is 0 Å². The number of hydrogen-bond donors (Lipinski definition) is 1. The lowest BCUT2D eigenvalue weighted by atomic mass is 9.82. The molecule has 1 aromatic heterocycles. The molecule has 0 aliphatic carbocycles. The molecule has 0 radical (unpaired) electrons. The maximum atomic E-state index is 13.9. The molecule has 1 N–H and O–H groups in total. The Hall–Kier alpha value is -3.64. The molecule has 13 heteroatoms. The first-order chi connectivity index (χ1) is 20.2. The third-order valence-corrected chi connectivity index (χ3v) is 10.5. The molecule has 2 aliphatic rings. The number of rotatable bonds is 6. The van der Waals surface area contributed by atoms with Gasteiger partial charge < -0.3 is 10.1 Å². The highest BCUT2D eigenvalue weighted by atomic mass is 35.5. The van der Waals surface area contributed by atoms with Crippen LogP contribution in [0.25, 0.3) is 0 Å². The third-order valence-electron chi connectivity index (χ3n) is 7.11. The molecule has 3 atom stereocenters. The van der Waals surface area contributed by atoms with Crippen molar-refractivity contribution >= 4 is 75.4 Å². The van der Waals surface area contributed by atoms with Crippen LogP contribution in [0.5, 0.6) is 5.75 Å². The fraction of sp³-hybridized carbons (Fsp3) is 0.172. The van der Waals surface area contributed by atoms with Crippen molar-refractivity contribution in [2.24, 2.45) is 5.92 Å². The summed E-state index contributed by atoms with van der Waals surface area (Å²) >= 11 is 14.0. The van der Waals surface area contributed by atoms with Gasteiger partial charge in [-0.05, 0) is 48.5 Å². The molecule has 1 fully saturated rings. The molecule has 3 heterocycles. The number of anilines is 2. The molecule has 0 bridgehead atoms. The average molecular weight is 645 g/mol. The average Bonchev–Trinajstić information content (AvgIpc) is 3.41. The Bertz CT molecular complexity index is 1810. The van der Waals surface area contributed by atoms with Gasteiger partial charge >= 0.3 is 4.87 Å². The first-order valence-electron chi connectivity index (χ1n) is 12.6. The van der Waals surface area contributed by atoms with E-state index in [1.54, 1.807) is 36.4 Å². The molecule has 1 saturated heterocycles. The van der Waals surface area contributed by atoms with Crippen molar-refractivity contribution in [2.75, 3.05) is 17.3 Å². The first-order valence-corrected chi connectivity index (χ1v) is 15.0. The number of carbonyl (C=O) groups is 3. The minimum atomic E-state index is -0.900. The standard InChI is InChI=1S/C29H20Cl2FN3O5S2/c1-40-20-5-3-2-4-17(20)22-23-24(27(38)35(26(23)37)16-9-6-14(32)7-10-16)41-28-25(22)42-29(39)34(28)13-21(36)33-15-8-11-18(30)19(31)12-15/h2-12,22-24H,13H2,1H3,(H,33,36). The van der Waals surface area contributed by atoms with E-state index in [-0.39, 0.29) is 17.3 Å². The van der Waals surface area contributed by atoms with Crippen LogP contribution in [0.3, 0.4) is 0 Å². The van der Waals surface area contributed by atoms with Gasteiger partial charge in [-0.3, -0.25) is 23.7 Å². The second-order valence-electron chi connectivity index (χ2n) is 9.57. The highest BCUT2D eigenvalue weighted by Crippen LogP contribution is 2.55. The van der Waals surface area contributed by atoms with Crippen LogP contribution < -0.4 is 19.8 Å². The van der Waals surface area contributed by atoms with Crippen LogP contribution in [0.15, 0.2) is 76.6 Å². The lowest BCUT2D eigenvalue weighted by Crippen LogP contribution is -2.33. The van der Waals surface area contributed by atoms with Crippen molar-refractivity contribution < 1.29 is 23.5 Å². The minimum absolute atomic E-state index is 0.252. The number of carbonyl (C=O) groups excluding carboxylic acids is 3. The summed E-state index contributed by atoms with van der Waals surface area (Å²) in [6.07, 6.45) is 0. The van der Waals surface area contributed by atoms with Crippen molar-refractivity contribution in [3.8, 4) is 5.75 Å². The number of thioether (sulfide) groups is 1. The molecule has 8 nitrogen and oxygen atoms in total. The van der Waals surface area contributed by atoms with Gasteiger partial charge in [0, 0.05) is 22.0 Å². The molecule has 3 amide bonds. The van der Waals surface area contributed by atoms with Crippen LogP contribution >= 0.6 is 46.3 Å². The number of benzene rings is 3. The number of methoxy groups -OCH3 is 1. The van der Waals surface area contributed by atoms with Gasteiger partial charge in [0.25, 0.3) is 0 Å². The maximum Gasteiger partial charge on any atom is 0.308 e. The number of fused-ring (bicyclic) bond motifs is 2. The summed E-state index contributed by atoms with van der Waals surface area (Å²) < 4.78 is 20.6. The van der Waals surface area contributed by atoms with E-state index in [9.17, 15) is 23.6 Å². The van der Waals surface area contributed by atoms with Crippen LogP contribution in [0.4, 0.5) is 15.8 Å². The number of nitrogens with one attached hydrogen (secondary N) is 1. The minimum Gasteiger partial charge on any atom is -0.496 e. The fourth-order valence-corrected chi connectivity index (χ4v) is 8.34. The van der Waals surface area contributed by atoms with Gasteiger partial charge in [-0.25, -0.2) is 9.29 Å². The van der Waals surface area contributed by atoms with Crippen LogP contribution in [0.2, 0.25) is 10.0 Å². The first kappa shape index (κ1) is 28.5. The number of halogens is 3. The SMILES string of the molecule is COc1ccccc1C1c2sc(=O)n(CC(=O)Nc3ccc(Cl)c(Cl)c3)c2SC2C(=O)N(c3ccc(F)cc3)C(=O)C21. The van der Waals surface area contributed by atoms with E-state index < -0.39 is 45.5 Å². The molecule has 4 aromatic rings. The quantitative estimate of drug-likeness (QED) is 0.267. The van der Waals surface area contributed by atoms with Gasteiger partial charge in [0.05, 0.1) is 33.8 Å². The zero-order valence-corrected chi connectivity index (χ0v) is 24.8. The second kappa shape index (κ2) is 11.2. The molecule has 42 heavy (non-hydrogen) atoms. The lowest BCUT2D eigenvalue weighted by molar-refractivity contribution is -0.122. The Balaban J connectivity index is 1.42. The Labute approximate surface area is 257 Å². The topological polar surface area (TPSA) is 97.7 Å². The number of hydrogen-bond acceptors (Lipinski definition) is 7. The van der Waals surface area contributed by atoms with Crippen molar-refractivity contribution in [1.82, 2.24) is 4.57 Å². The van der Waals surface area contributed by atoms with Crippen molar-refractivity contribution in [3.63, 3.8) is 0 Å². The van der Waals surface area contributed by atoms with Gasteiger partial charge in [0.15, 0.2) is 0 Å². The molecule has 2 aliphatic heterocycles. The fourth-order valence-electron chi connectivity index (χ4n) is 5.28. The van der Waals surface area contributed by atoms with Gasteiger partial charge in [-0.1, -0.05) is 64.5 Å². The molecule has 0 saturated carbocycles.